The van der Waals surface area contributed by atoms with Gasteiger partial charge >= 0.3 is 0 Å². The van der Waals surface area contributed by atoms with Crippen LogP contribution < -0.4 is 10.5 Å². The highest BCUT2D eigenvalue weighted by Gasteiger charge is 2.45. The Balaban J connectivity index is 1.55. The van der Waals surface area contributed by atoms with Crippen molar-refractivity contribution >= 4 is 11.9 Å². The van der Waals surface area contributed by atoms with Crippen molar-refractivity contribution in [2.24, 2.45) is 0 Å². The third-order valence-electron chi connectivity index (χ3n) is 6.63. The molecule has 2 aliphatic heterocycles. The van der Waals surface area contributed by atoms with Gasteiger partial charge in [-0.05, 0) is 32.1 Å². The molecule has 3 aliphatic rings. The lowest BCUT2D eigenvalue weighted by atomic mass is 9.76. The van der Waals surface area contributed by atoms with Crippen LogP contribution in [0.4, 0.5) is 5.95 Å². The van der Waals surface area contributed by atoms with E-state index in [0.29, 0.717) is 38.7 Å². The van der Waals surface area contributed by atoms with Crippen LogP contribution in [0.25, 0.3) is 0 Å². The summed E-state index contributed by atoms with van der Waals surface area (Å²) < 4.78 is 10.7. The minimum absolute atomic E-state index is 0.00713. The number of H-pyrrole nitrogens is 1. The van der Waals surface area contributed by atoms with E-state index in [4.69, 9.17) is 14.5 Å². The molecule has 2 fully saturated rings. The maximum atomic E-state index is 12.7. The van der Waals surface area contributed by atoms with E-state index in [2.05, 4.69) is 9.88 Å². The Labute approximate surface area is 165 Å². The fourth-order valence-electron chi connectivity index (χ4n) is 4.85. The fourth-order valence-corrected chi connectivity index (χ4v) is 4.85. The van der Waals surface area contributed by atoms with E-state index in [1.54, 1.807) is 7.11 Å². The first kappa shape index (κ1) is 19.4. The van der Waals surface area contributed by atoms with Crippen molar-refractivity contribution in [1.82, 2.24) is 14.9 Å². The Hall–Kier alpha value is -1.93. The average molecular weight is 390 g/mol. The molecule has 8 heteroatoms. The maximum Gasteiger partial charge on any atom is 0.255 e. The lowest BCUT2D eigenvalue weighted by Gasteiger charge is -2.40. The quantitative estimate of drug-likeness (QED) is 0.820. The molecule has 0 aromatic carbocycles. The molecule has 1 aromatic heterocycles. The Bertz CT molecular complexity index is 775. The molecule has 1 amide bonds. The number of fused-ring (bicyclic) bond motifs is 2. The number of likely N-dealkylation sites (tertiary alicyclic amines) is 1. The van der Waals surface area contributed by atoms with Gasteiger partial charge in [0.05, 0.1) is 18.9 Å². The minimum atomic E-state index is -0.362. The SMILES string of the molecule is CCC(OC)C(=O)N1CCC2(CCc3c2nc(N2CCOCC2)[nH]c3=O)CC1. The Morgan fingerprint density at radius 1 is 1.25 bits per heavy atom. The van der Waals surface area contributed by atoms with Crippen LogP contribution in [0.15, 0.2) is 4.79 Å². The van der Waals surface area contributed by atoms with Crippen LogP contribution in [0.2, 0.25) is 0 Å². The standard InChI is InChI=1S/C20H30N4O4/c1-3-15(27-2)18(26)23-8-6-20(7-9-23)5-4-14-16(20)21-19(22-17(14)25)24-10-12-28-13-11-24/h15H,3-13H2,1-2H3,(H,21,22,25). The number of piperidine rings is 1. The molecular formula is C20H30N4O4. The van der Waals surface area contributed by atoms with Crippen LogP contribution in [-0.2, 0) is 26.1 Å². The van der Waals surface area contributed by atoms with Gasteiger partial charge in [0, 0.05) is 44.3 Å². The fraction of sp³-hybridized carbons (Fsp3) is 0.750. The molecule has 4 rings (SSSR count). The first-order valence-corrected chi connectivity index (χ1v) is 10.4. The van der Waals surface area contributed by atoms with Gasteiger partial charge in [0.2, 0.25) is 5.95 Å². The van der Waals surface area contributed by atoms with Gasteiger partial charge in [-0.2, -0.15) is 0 Å². The second-order valence-electron chi connectivity index (χ2n) is 8.05. The van der Waals surface area contributed by atoms with Gasteiger partial charge in [-0.15, -0.1) is 0 Å². The number of nitrogens with one attached hydrogen (secondary N) is 1. The zero-order valence-corrected chi connectivity index (χ0v) is 16.8. The second-order valence-corrected chi connectivity index (χ2v) is 8.05. The third kappa shape index (κ3) is 3.33. The number of methoxy groups -OCH3 is 1. The van der Waals surface area contributed by atoms with Crippen LogP contribution in [0.1, 0.15) is 43.9 Å². The van der Waals surface area contributed by atoms with E-state index in [0.717, 1.165) is 50.0 Å². The van der Waals surface area contributed by atoms with Gasteiger partial charge in [0.25, 0.3) is 11.5 Å². The molecule has 1 aromatic rings. The molecule has 0 radical (unpaired) electrons. The highest BCUT2D eigenvalue weighted by atomic mass is 16.5. The van der Waals surface area contributed by atoms with Crippen LogP contribution in [0, 0.1) is 0 Å². The highest BCUT2D eigenvalue weighted by molar-refractivity contribution is 5.81. The Kier molecular flexibility index (Phi) is 5.42. The monoisotopic (exact) mass is 390 g/mol. The normalized spacial score (nSPS) is 22.4. The number of aromatic amines is 1. The van der Waals surface area contributed by atoms with E-state index < -0.39 is 0 Å². The number of carbonyl (C=O) groups is 1. The number of hydrogen-bond donors (Lipinski definition) is 1. The van der Waals surface area contributed by atoms with E-state index in [9.17, 15) is 9.59 Å². The molecule has 0 bridgehead atoms. The van der Waals surface area contributed by atoms with Gasteiger partial charge in [0.15, 0.2) is 0 Å². The Morgan fingerprint density at radius 3 is 2.61 bits per heavy atom. The highest BCUT2D eigenvalue weighted by Crippen LogP contribution is 2.44. The topological polar surface area (TPSA) is 87.8 Å². The van der Waals surface area contributed by atoms with Crippen molar-refractivity contribution in [3.05, 3.63) is 21.6 Å². The van der Waals surface area contributed by atoms with Crippen molar-refractivity contribution in [2.45, 2.75) is 50.5 Å². The molecule has 154 valence electrons. The zero-order chi connectivity index (χ0) is 19.7. The largest absolute Gasteiger partial charge is 0.378 e. The minimum Gasteiger partial charge on any atom is -0.378 e. The van der Waals surface area contributed by atoms with Crippen molar-refractivity contribution in [2.75, 3.05) is 51.4 Å². The molecule has 2 saturated heterocycles. The first-order valence-electron chi connectivity index (χ1n) is 10.4. The summed E-state index contributed by atoms with van der Waals surface area (Å²) in [5.41, 5.74) is 1.70. The lowest BCUT2D eigenvalue weighted by Crippen LogP contribution is -2.48. The first-order chi connectivity index (χ1) is 13.6. The van der Waals surface area contributed by atoms with Crippen molar-refractivity contribution < 1.29 is 14.3 Å². The summed E-state index contributed by atoms with van der Waals surface area (Å²) in [7, 11) is 1.59. The molecule has 1 unspecified atom stereocenters. The number of hydrogen-bond acceptors (Lipinski definition) is 6. The zero-order valence-electron chi connectivity index (χ0n) is 16.8. The number of carbonyl (C=O) groups excluding carboxylic acids is 1. The second kappa shape index (κ2) is 7.83. The number of amides is 1. The summed E-state index contributed by atoms with van der Waals surface area (Å²) in [6, 6.07) is 0. The van der Waals surface area contributed by atoms with Gasteiger partial charge < -0.3 is 19.3 Å². The molecule has 1 aliphatic carbocycles. The van der Waals surface area contributed by atoms with E-state index in [-0.39, 0.29) is 23.0 Å². The summed E-state index contributed by atoms with van der Waals surface area (Å²) in [4.78, 5) is 37.3. The molecule has 1 spiro atoms. The molecule has 1 N–H and O–H groups in total. The summed E-state index contributed by atoms with van der Waals surface area (Å²) in [5.74, 6) is 0.739. The van der Waals surface area contributed by atoms with E-state index in [1.807, 2.05) is 11.8 Å². The van der Waals surface area contributed by atoms with Crippen LogP contribution in [-0.4, -0.2) is 73.4 Å². The molecule has 8 nitrogen and oxygen atoms in total. The van der Waals surface area contributed by atoms with Gasteiger partial charge in [0.1, 0.15) is 6.10 Å². The van der Waals surface area contributed by atoms with Crippen molar-refractivity contribution in [3.8, 4) is 0 Å². The average Bonchev–Trinajstić information content (AvgIpc) is 3.08. The van der Waals surface area contributed by atoms with Crippen LogP contribution >= 0.6 is 0 Å². The third-order valence-corrected chi connectivity index (χ3v) is 6.63. The number of rotatable bonds is 4. The Morgan fingerprint density at radius 2 is 1.96 bits per heavy atom. The summed E-state index contributed by atoms with van der Waals surface area (Å²) in [6.45, 7) is 6.15. The van der Waals surface area contributed by atoms with Gasteiger partial charge in [-0.25, -0.2) is 4.98 Å². The maximum absolute atomic E-state index is 12.7. The molecular weight excluding hydrogens is 360 g/mol. The molecule has 3 heterocycles. The van der Waals surface area contributed by atoms with Gasteiger partial charge in [-0.1, -0.05) is 6.92 Å². The number of ether oxygens (including phenoxy) is 2. The number of anilines is 1. The molecule has 1 atom stereocenters. The predicted octanol–water partition coefficient (Wildman–Crippen LogP) is 0.838. The van der Waals surface area contributed by atoms with Crippen molar-refractivity contribution in [1.29, 1.82) is 0 Å². The van der Waals surface area contributed by atoms with Crippen LogP contribution in [0.5, 0.6) is 0 Å². The van der Waals surface area contributed by atoms with Gasteiger partial charge in [-0.3, -0.25) is 14.6 Å². The lowest BCUT2D eigenvalue weighted by molar-refractivity contribution is -0.143. The molecule has 28 heavy (non-hydrogen) atoms. The number of morpholine rings is 1. The predicted molar refractivity (Wildman–Crippen MR) is 105 cm³/mol. The number of nitrogens with zero attached hydrogens (tertiary/aromatic N) is 3. The summed E-state index contributed by atoms with van der Waals surface area (Å²) in [6.07, 6.45) is 3.73. The van der Waals surface area contributed by atoms with E-state index in [1.165, 1.54) is 0 Å². The summed E-state index contributed by atoms with van der Waals surface area (Å²) in [5, 5.41) is 0. The number of aromatic nitrogens is 2. The van der Waals surface area contributed by atoms with Crippen molar-refractivity contribution in [3.63, 3.8) is 0 Å². The summed E-state index contributed by atoms with van der Waals surface area (Å²) >= 11 is 0. The molecule has 0 saturated carbocycles. The van der Waals surface area contributed by atoms with Crippen LogP contribution in [0.3, 0.4) is 0 Å². The smallest absolute Gasteiger partial charge is 0.255 e. The van der Waals surface area contributed by atoms with E-state index >= 15 is 0 Å².